The van der Waals surface area contributed by atoms with E-state index >= 15 is 0 Å². The first-order valence-electron chi connectivity index (χ1n) is 4.85. The number of methoxy groups -OCH3 is 1. The highest BCUT2D eigenvalue weighted by atomic mass is 16.5. The van der Waals surface area contributed by atoms with E-state index in [1.54, 1.807) is 0 Å². The van der Waals surface area contributed by atoms with Crippen molar-refractivity contribution in [3.05, 3.63) is 11.6 Å². The molecular formula is C10H15NO2. The fourth-order valence-electron chi connectivity index (χ4n) is 2.22. The molecule has 3 heteroatoms. The first-order chi connectivity index (χ1) is 6.31. The molecule has 0 aromatic rings. The van der Waals surface area contributed by atoms with Crippen molar-refractivity contribution in [3.63, 3.8) is 0 Å². The summed E-state index contributed by atoms with van der Waals surface area (Å²) in [5, 5.41) is 3.45. The summed E-state index contributed by atoms with van der Waals surface area (Å²) in [7, 11) is 1.44. The van der Waals surface area contributed by atoms with Gasteiger partial charge in [0.2, 0.25) is 0 Å². The van der Waals surface area contributed by atoms with Crippen molar-refractivity contribution in [2.45, 2.75) is 37.8 Å². The molecule has 0 radical (unpaired) electrons. The van der Waals surface area contributed by atoms with Gasteiger partial charge in [-0.2, -0.15) is 0 Å². The molecular weight excluding hydrogens is 166 g/mol. The third-order valence-corrected chi connectivity index (χ3v) is 2.92. The fraction of sp³-hybridized carbons (Fsp3) is 0.700. The van der Waals surface area contributed by atoms with E-state index < -0.39 is 0 Å². The number of allylic oxidation sites excluding steroid dienone is 1. The summed E-state index contributed by atoms with van der Waals surface area (Å²) in [5.74, 6) is -0.167. The average molecular weight is 181 g/mol. The first kappa shape index (κ1) is 8.75. The van der Waals surface area contributed by atoms with Gasteiger partial charge in [0.15, 0.2) is 0 Å². The number of hydrogen-bond acceptors (Lipinski definition) is 3. The van der Waals surface area contributed by atoms with Crippen molar-refractivity contribution in [3.8, 4) is 0 Å². The second-order valence-electron chi connectivity index (χ2n) is 3.72. The Hall–Kier alpha value is -0.830. The molecule has 0 spiro atoms. The number of nitrogens with one attached hydrogen (secondary N) is 1. The summed E-state index contributed by atoms with van der Waals surface area (Å²) >= 11 is 0. The normalized spacial score (nSPS) is 32.2. The van der Waals surface area contributed by atoms with Crippen molar-refractivity contribution in [2.24, 2.45) is 0 Å². The Labute approximate surface area is 78.1 Å². The molecule has 2 atom stereocenters. The lowest BCUT2D eigenvalue weighted by Crippen LogP contribution is -2.31. The third-order valence-electron chi connectivity index (χ3n) is 2.92. The highest BCUT2D eigenvalue weighted by Crippen LogP contribution is 2.26. The molecule has 2 unspecified atom stereocenters. The average Bonchev–Trinajstić information content (AvgIpc) is 2.46. The van der Waals surface area contributed by atoms with Crippen LogP contribution in [0.3, 0.4) is 0 Å². The van der Waals surface area contributed by atoms with Gasteiger partial charge in [-0.15, -0.1) is 0 Å². The highest BCUT2D eigenvalue weighted by Gasteiger charge is 2.31. The number of carbonyl (C=O) groups is 1. The van der Waals surface area contributed by atoms with E-state index in [0.717, 1.165) is 24.8 Å². The van der Waals surface area contributed by atoms with Crippen LogP contribution >= 0.6 is 0 Å². The molecule has 2 aliphatic rings. The van der Waals surface area contributed by atoms with Crippen LogP contribution in [0.15, 0.2) is 11.6 Å². The van der Waals surface area contributed by atoms with Crippen LogP contribution in [-0.2, 0) is 9.53 Å². The molecule has 2 aliphatic heterocycles. The molecule has 0 amide bonds. The summed E-state index contributed by atoms with van der Waals surface area (Å²) in [4.78, 5) is 11.4. The van der Waals surface area contributed by atoms with Crippen molar-refractivity contribution in [1.29, 1.82) is 0 Å². The molecule has 3 nitrogen and oxygen atoms in total. The van der Waals surface area contributed by atoms with Crippen molar-refractivity contribution in [2.75, 3.05) is 7.11 Å². The van der Waals surface area contributed by atoms with Crippen molar-refractivity contribution >= 4 is 5.97 Å². The number of rotatable bonds is 1. The van der Waals surface area contributed by atoms with Crippen LogP contribution in [-0.4, -0.2) is 25.2 Å². The smallest absolute Gasteiger partial charge is 0.335 e. The summed E-state index contributed by atoms with van der Waals surface area (Å²) in [6, 6.07) is 0.864. The number of hydrogen-bond donors (Lipinski definition) is 1. The Morgan fingerprint density at radius 1 is 1.54 bits per heavy atom. The van der Waals surface area contributed by atoms with Gasteiger partial charge in [0.1, 0.15) is 0 Å². The van der Waals surface area contributed by atoms with Gasteiger partial charge < -0.3 is 10.1 Å². The van der Waals surface area contributed by atoms with E-state index in [0.29, 0.717) is 6.04 Å². The fourth-order valence-corrected chi connectivity index (χ4v) is 2.22. The van der Waals surface area contributed by atoms with Gasteiger partial charge in [0.25, 0.3) is 0 Å². The molecule has 2 bridgehead atoms. The van der Waals surface area contributed by atoms with E-state index in [4.69, 9.17) is 4.74 Å². The minimum atomic E-state index is -0.167. The molecule has 0 saturated carbocycles. The van der Waals surface area contributed by atoms with Gasteiger partial charge in [0.05, 0.1) is 12.7 Å². The Kier molecular flexibility index (Phi) is 2.36. The van der Waals surface area contributed by atoms with E-state index in [1.807, 2.05) is 6.08 Å². The van der Waals surface area contributed by atoms with Gasteiger partial charge in [-0.05, 0) is 25.7 Å². The summed E-state index contributed by atoms with van der Waals surface area (Å²) in [5.41, 5.74) is 0.836. The molecule has 0 aliphatic carbocycles. The number of ether oxygens (including phenoxy) is 1. The SMILES string of the molecule is COC(=O)C1=CCCC2CCC1N2. The van der Waals surface area contributed by atoms with Crippen LogP contribution in [0.1, 0.15) is 25.7 Å². The largest absolute Gasteiger partial charge is 0.466 e. The van der Waals surface area contributed by atoms with Crippen LogP contribution < -0.4 is 5.32 Å². The van der Waals surface area contributed by atoms with Crippen LogP contribution in [0.25, 0.3) is 0 Å². The quantitative estimate of drug-likeness (QED) is 0.613. The summed E-state index contributed by atoms with van der Waals surface area (Å²) in [6.45, 7) is 0. The third kappa shape index (κ3) is 1.61. The van der Waals surface area contributed by atoms with Gasteiger partial charge in [-0.1, -0.05) is 6.08 Å². The minimum absolute atomic E-state index is 0.167. The van der Waals surface area contributed by atoms with Gasteiger partial charge >= 0.3 is 5.97 Å². The second-order valence-corrected chi connectivity index (χ2v) is 3.72. The Morgan fingerprint density at radius 3 is 3.15 bits per heavy atom. The predicted molar refractivity (Wildman–Crippen MR) is 49.3 cm³/mol. The van der Waals surface area contributed by atoms with Gasteiger partial charge in [0, 0.05) is 12.1 Å². The number of fused-ring (bicyclic) bond motifs is 2. The number of esters is 1. The van der Waals surface area contributed by atoms with Gasteiger partial charge in [-0.3, -0.25) is 0 Å². The summed E-state index contributed by atoms with van der Waals surface area (Å²) in [6.07, 6.45) is 6.45. The maximum atomic E-state index is 11.4. The van der Waals surface area contributed by atoms with Crippen LogP contribution in [0, 0.1) is 0 Å². The van der Waals surface area contributed by atoms with Gasteiger partial charge in [-0.25, -0.2) is 4.79 Å². The number of carbonyl (C=O) groups excluding carboxylic acids is 1. The zero-order chi connectivity index (χ0) is 9.26. The highest BCUT2D eigenvalue weighted by molar-refractivity contribution is 5.89. The zero-order valence-electron chi connectivity index (χ0n) is 7.88. The monoisotopic (exact) mass is 181 g/mol. The lowest BCUT2D eigenvalue weighted by molar-refractivity contribution is -0.136. The molecule has 1 saturated heterocycles. The molecule has 0 aromatic carbocycles. The Balaban J connectivity index is 2.16. The predicted octanol–water partition coefficient (Wildman–Crippen LogP) is 1.00. The zero-order valence-corrected chi connectivity index (χ0v) is 7.88. The van der Waals surface area contributed by atoms with E-state index in [1.165, 1.54) is 13.5 Å². The Bertz CT molecular complexity index is 247. The molecule has 72 valence electrons. The van der Waals surface area contributed by atoms with E-state index in [2.05, 4.69) is 5.32 Å². The molecule has 2 heterocycles. The maximum Gasteiger partial charge on any atom is 0.335 e. The standard InChI is InChI=1S/C10H15NO2/c1-13-10(12)8-4-2-3-7-5-6-9(8)11-7/h4,7,9,11H,2-3,5-6H2,1H3. The van der Waals surface area contributed by atoms with E-state index in [9.17, 15) is 4.79 Å². The second kappa shape index (κ2) is 3.50. The van der Waals surface area contributed by atoms with Crippen molar-refractivity contribution in [1.82, 2.24) is 5.32 Å². The van der Waals surface area contributed by atoms with E-state index in [-0.39, 0.29) is 12.0 Å². The molecule has 2 rings (SSSR count). The topological polar surface area (TPSA) is 38.3 Å². The maximum absolute atomic E-state index is 11.4. The summed E-state index contributed by atoms with van der Waals surface area (Å²) < 4.78 is 4.75. The Morgan fingerprint density at radius 2 is 2.38 bits per heavy atom. The van der Waals surface area contributed by atoms with Crippen LogP contribution in [0.2, 0.25) is 0 Å². The minimum Gasteiger partial charge on any atom is -0.466 e. The molecule has 1 N–H and O–H groups in total. The molecule has 0 aromatic heterocycles. The van der Waals surface area contributed by atoms with Crippen LogP contribution in [0.5, 0.6) is 0 Å². The molecule has 1 fully saturated rings. The first-order valence-corrected chi connectivity index (χ1v) is 4.85. The van der Waals surface area contributed by atoms with Crippen molar-refractivity contribution < 1.29 is 9.53 Å². The molecule has 13 heavy (non-hydrogen) atoms. The lowest BCUT2D eigenvalue weighted by atomic mass is 10.00. The lowest BCUT2D eigenvalue weighted by Gasteiger charge is -2.12. The van der Waals surface area contributed by atoms with Crippen LogP contribution in [0.4, 0.5) is 0 Å².